The lowest BCUT2D eigenvalue weighted by molar-refractivity contribution is -0.113. The van der Waals surface area contributed by atoms with E-state index in [4.69, 9.17) is 23.2 Å². The van der Waals surface area contributed by atoms with Gasteiger partial charge in [0, 0.05) is 12.1 Å². The van der Waals surface area contributed by atoms with Gasteiger partial charge in [0.25, 0.3) is 5.91 Å². The topological polar surface area (TPSA) is 88.9 Å². The number of rotatable bonds is 8. The molecule has 7 nitrogen and oxygen atoms in total. The highest BCUT2D eigenvalue weighted by Gasteiger charge is 2.16. The van der Waals surface area contributed by atoms with Crippen LogP contribution in [0.5, 0.6) is 0 Å². The second-order valence-corrected chi connectivity index (χ2v) is 8.31. The van der Waals surface area contributed by atoms with Crippen LogP contribution in [0.3, 0.4) is 0 Å². The maximum Gasteiger partial charge on any atom is 0.251 e. The first kappa shape index (κ1) is 23.1. The van der Waals surface area contributed by atoms with Crippen molar-refractivity contribution >= 4 is 52.5 Å². The van der Waals surface area contributed by atoms with Crippen LogP contribution in [0.4, 0.5) is 5.69 Å². The number of carbonyl (C=O) groups excluding carboxylic acids is 2. The number of hydrogen-bond acceptors (Lipinski definition) is 5. The number of benzene rings is 2. The van der Waals surface area contributed by atoms with E-state index in [1.165, 1.54) is 11.8 Å². The monoisotopic (exact) mass is 477 g/mol. The zero-order valence-electron chi connectivity index (χ0n) is 17.0. The summed E-state index contributed by atoms with van der Waals surface area (Å²) in [5.41, 5.74) is 1.98. The van der Waals surface area contributed by atoms with Crippen LogP contribution in [0.25, 0.3) is 0 Å². The molecule has 0 aliphatic rings. The molecule has 2 aromatic carbocycles. The van der Waals surface area contributed by atoms with Crippen LogP contribution in [0, 0.1) is 6.92 Å². The molecular formula is C21H21Cl2N5O2S. The quantitative estimate of drug-likeness (QED) is 0.463. The zero-order valence-corrected chi connectivity index (χ0v) is 19.3. The molecule has 0 atom stereocenters. The van der Waals surface area contributed by atoms with Crippen LogP contribution in [-0.2, 0) is 17.9 Å². The highest BCUT2D eigenvalue weighted by molar-refractivity contribution is 7.99. The average Bonchev–Trinajstić information content (AvgIpc) is 3.16. The van der Waals surface area contributed by atoms with E-state index in [0.29, 0.717) is 38.8 Å². The second kappa shape index (κ2) is 10.7. The molecule has 0 spiro atoms. The Kier molecular flexibility index (Phi) is 7.95. The molecule has 3 rings (SSSR count). The average molecular weight is 478 g/mol. The Labute approximate surface area is 194 Å². The summed E-state index contributed by atoms with van der Waals surface area (Å²) in [6.07, 6.45) is 0. The molecule has 1 heterocycles. The minimum atomic E-state index is -0.241. The predicted molar refractivity (Wildman–Crippen MR) is 124 cm³/mol. The summed E-state index contributed by atoms with van der Waals surface area (Å²) in [6, 6.07) is 12.4. The minimum Gasteiger partial charge on any atom is -0.345 e. The molecule has 0 fully saturated rings. The number of carbonyl (C=O) groups is 2. The van der Waals surface area contributed by atoms with Crippen molar-refractivity contribution < 1.29 is 9.59 Å². The number of nitrogens with one attached hydrogen (secondary N) is 2. The van der Waals surface area contributed by atoms with Gasteiger partial charge in [0.1, 0.15) is 0 Å². The molecule has 162 valence electrons. The van der Waals surface area contributed by atoms with Crippen molar-refractivity contribution in [2.24, 2.45) is 0 Å². The third-order valence-corrected chi connectivity index (χ3v) is 6.25. The lowest BCUT2D eigenvalue weighted by Gasteiger charge is -2.10. The molecule has 0 aliphatic carbocycles. The van der Waals surface area contributed by atoms with Crippen LogP contribution in [-0.4, -0.2) is 32.3 Å². The fourth-order valence-electron chi connectivity index (χ4n) is 2.87. The Balaban J connectivity index is 1.59. The van der Waals surface area contributed by atoms with E-state index in [0.717, 1.165) is 5.56 Å². The van der Waals surface area contributed by atoms with E-state index < -0.39 is 0 Å². The van der Waals surface area contributed by atoms with Gasteiger partial charge in [-0.1, -0.05) is 59.2 Å². The molecule has 0 saturated carbocycles. The molecule has 0 aliphatic heterocycles. The van der Waals surface area contributed by atoms with Crippen LogP contribution in [0.1, 0.15) is 28.7 Å². The van der Waals surface area contributed by atoms with Crippen molar-refractivity contribution in [1.82, 2.24) is 20.1 Å². The third kappa shape index (κ3) is 5.78. The van der Waals surface area contributed by atoms with E-state index in [-0.39, 0.29) is 24.1 Å². The first-order valence-electron chi connectivity index (χ1n) is 9.53. The van der Waals surface area contributed by atoms with Gasteiger partial charge in [-0.05, 0) is 37.6 Å². The fraction of sp³-hybridized carbons (Fsp3) is 0.238. The Bertz CT molecular complexity index is 1100. The number of hydrogen-bond donors (Lipinski definition) is 2. The maximum absolute atomic E-state index is 12.4. The number of amides is 2. The predicted octanol–water partition coefficient (Wildman–Crippen LogP) is 4.57. The molecule has 0 bridgehead atoms. The molecule has 1 aromatic heterocycles. The number of nitrogens with zero attached hydrogens (tertiary/aromatic N) is 3. The van der Waals surface area contributed by atoms with E-state index >= 15 is 0 Å². The number of halogens is 2. The number of aryl methyl sites for hydroxylation is 1. The Morgan fingerprint density at radius 1 is 1.10 bits per heavy atom. The van der Waals surface area contributed by atoms with Gasteiger partial charge in [-0.25, -0.2) is 0 Å². The molecular weight excluding hydrogens is 457 g/mol. The summed E-state index contributed by atoms with van der Waals surface area (Å²) in [5, 5.41) is 15.2. The van der Waals surface area contributed by atoms with E-state index in [1.54, 1.807) is 24.3 Å². The first-order chi connectivity index (χ1) is 14.9. The molecule has 0 radical (unpaired) electrons. The summed E-state index contributed by atoms with van der Waals surface area (Å²) in [4.78, 5) is 24.7. The molecule has 0 saturated heterocycles. The van der Waals surface area contributed by atoms with E-state index in [1.807, 2.05) is 36.6 Å². The van der Waals surface area contributed by atoms with Gasteiger partial charge in [-0.15, -0.1) is 10.2 Å². The number of aromatic nitrogens is 3. The first-order valence-corrected chi connectivity index (χ1v) is 11.3. The van der Waals surface area contributed by atoms with Crippen LogP contribution >= 0.6 is 35.0 Å². The SMILES string of the molecule is CCn1c(CNC(=O)c2ccccc2C)nnc1SCC(=O)Nc1cccc(Cl)c1Cl. The van der Waals surface area contributed by atoms with Gasteiger partial charge in [0.15, 0.2) is 11.0 Å². The summed E-state index contributed by atoms with van der Waals surface area (Å²) < 4.78 is 1.86. The standard InChI is InChI=1S/C21H21Cl2N5O2S/c1-3-28-17(11-24-20(30)14-8-5-4-7-13(14)2)26-27-21(28)31-12-18(29)25-16-10-6-9-15(22)19(16)23/h4-10H,3,11-12H2,1-2H3,(H,24,30)(H,25,29). The maximum atomic E-state index is 12.4. The van der Waals surface area contributed by atoms with Gasteiger partial charge in [0.2, 0.25) is 5.91 Å². The summed E-state index contributed by atoms with van der Waals surface area (Å²) >= 11 is 13.3. The van der Waals surface area contributed by atoms with Gasteiger partial charge >= 0.3 is 0 Å². The van der Waals surface area contributed by atoms with Gasteiger partial charge in [-0.3, -0.25) is 9.59 Å². The molecule has 2 N–H and O–H groups in total. The lowest BCUT2D eigenvalue weighted by Crippen LogP contribution is -2.25. The highest BCUT2D eigenvalue weighted by atomic mass is 35.5. The molecule has 3 aromatic rings. The largest absolute Gasteiger partial charge is 0.345 e. The summed E-state index contributed by atoms with van der Waals surface area (Å²) in [6.45, 7) is 4.68. The van der Waals surface area contributed by atoms with Crippen molar-refractivity contribution in [3.8, 4) is 0 Å². The molecule has 31 heavy (non-hydrogen) atoms. The molecule has 10 heteroatoms. The summed E-state index contributed by atoms with van der Waals surface area (Å²) in [5.74, 6) is 0.325. The van der Waals surface area contributed by atoms with Crippen molar-refractivity contribution in [3.63, 3.8) is 0 Å². The fourth-order valence-corrected chi connectivity index (χ4v) is 4.04. The van der Waals surface area contributed by atoms with Crippen molar-refractivity contribution in [1.29, 1.82) is 0 Å². The Hall–Kier alpha value is -2.55. The number of anilines is 1. The minimum absolute atomic E-state index is 0.122. The lowest BCUT2D eigenvalue weighted by atomic mass is 10.1. The van der Waals surface area contributed by atoms with Crippen LogP contribution in [0.2, 0.25) is 10.0 Å². The van der Waals surface area contributed by atoms with Gasteiger partial charge in [0.05, 0.1) is 28.0 Å². The van der Waals surface area contributed by atoms with Crippen molar-refractivity contribution in [2.45, 2.75) is 32.1 Å². The van der Waals surface area contributed by atoms with Gasteiger partial charge < -0.3 is 15.2 Å². The van der Waals surface area contributed by atoms with Crippen LogP contribution in [0.15, 0.2) is 47.6 Å². The van der Waals surface area contributed by atoms with Gasteiger partial charge in [-0.2, -0.15) is 0 Å². The second-order valence-electron chi connectivity index (χ2n) is 6.58. The van der Waals surface area contributed by atoms with E-state index in [9.17, 15) is 9.59 Å². The van der Waals surface area contributed by atoms with E-state index in [2.05, 4.69) is 20.8 Å². The number of thioether (sulfide) groups is 1. The molecule has 0 unspecified atom stereocenters. The van der Waals surface area contributed by atoms with Crippen LogP contribution < -0.4 is 10.6 Å². The van der Waals surface area contributed by atoms with Crippen molar-refractivity contribution in [3.05, 3.63) is 69.5 Å². The Morgan fingerprint density at radius 2 is 1.87 bits per heavy atom. The highest BCUT2D eigenvalue weighted by Crippen LogP contribution is 2.29. The summed E-state index contributed by atoms with van der Waals surface area (Å²) in [7, 11) is 0. The molecule has 2 amide bonds. The third-order valence-electron chi connectivity index (χ3n) is 4.46. The normalized spacial score (nSPS) is 10.7. The zero-order chi connectivity index (χ0) is 22.4. The Morgan fingerprint density at radius 3 is 2.61 bits per heavy atom. The van der Waals surface area contributed by atoms with Crippen molar-refractivity contribution in [2.75, 3.05) is 11.1 Å². The smallest absolute Gasteiger partial charge is 0.251 e.